The Bertz CT molecular complexity index is 951. The highest BCUT2D eigenvalue weighted by atomic mass is 32.2. The summed E-state index contributed by atoms with van der Waals surface area (Å²) in [5.74, 6) is 0.963. The first-order chi connectivity index (χ1) is 12.5. The number of pyridine rings is 1. The Morgan fingerprint density at radius 3 is 2.92 bits per heavy atom. The third kappa shape index (κ3) is 4.32. The van der Waals surface area contributed by atoms with Crippen molar-refractivity contribution < 1.29 is 9.21 Å². The van der Waals surface area contributed by atoms with Gasteiger partial charge in [-0.2, -0.15) is 0 Å². The van der Waals surface area contributed by atoms with Crippen LogP contribution in [0.25, 0.3) is 11.0 Å². The molecule has 7 nitrogen and oxygen atoms in total. The predicted molar refractivity (Wildman–Crippen MR) is 99.9 cm³/mol. The Labute approximate surface area is 154 Å². The van der Waals surface area contributed by atoms with Gasteiger partial charge >= 0.3 is 0 Å². The van der Waals surface area contributed by atoms with E-state index >= 15 is 0 Å². The Morgan fingerprint density at radius 2 is 2.19 bits per heavy atom. The van der Waals surface area contributed by atoms with Crippen molar-refractivity contribution >= 4 is 28.7 Å². The van der Waals surface area contributed by atoms with Crippen LogP contribution in [-0.2, 0) is 17.9 Å². The monoisotopic (exact) mass is 372 g/mol. The lowest BCUT2D eigenvalue weighted by atomic mass is 10.2. The minimum absolute atomic E-state index is 0.129. The van der Waals surface area contributed by atoms with Crippen molar-refractivity contribution in [1.29, 1.82) is 0 Å². The fourth-order valence-electron chi connectivity index (χ4n) is 2.45. The lowest BCUT2D eigenvalue weighted by Crippen LogP contribution is -2.28. The minimum atomic E-state index is -0.155. The van der Waals surface area contributed by atoms with Crippen LogP contribution in [0.4, 0.5) is 0 Å². The molecule has 1 amide bonds. The number of aromatic nitrogens is 3. The van der Waals surface area contributed by atoms with Gasteiger partial charge < -0.3 is 9.73 Å². The molecule has 0 unspecified atom stereocenters. The van der Waals surface area contributed by atoms with E-state index in [2.05, 4.69) is 15.3 Å². The maximum Gasteiger partial charge on any atom is 0.263 e. The smallest absolute Gasteiger partial charge is 0.263 e. The summed E-state index contributed by atoms with van der Waals surface area (Å²) in [6, 6.07) is 7.01. The van der Waals surface area contributed by atoms with E-state index in [0.29, 0.717) is 35.0 Å². The van der Waals surface area contributed by atoms with Gasteiger partial charge in [0.05, 0.1) is 23.9 Å². The van der Waals surface area contributed by atoms with E-state index in [1.54, 1.807) is 41.3 Å². The summed E-state index contributed by atoms with van der Waals surface area (Å²) < 4.78 is 6.81. The van der Waals surface area contributed by atoms with E-state index in [9.17, 15) is 9.59 Å². The van der Waals surface area contributed by atoms with Gasteiger partial charge in [-0.1, -0.05) is 25.6 Å². The molecule has 0 aliphatic carbocycles. The molecule has 0 saturated carbocycles. The summed E-state index contributed by atoms with van der Waals surface area (Å²) in [5, 5.41) is 3.77. The maximum atomic E-state index is 12.8. The fraction of sp³-hybridized carbons (Fsp3) is 0.333. The molecule has 3 heterocycles. The summed E-state index contributed by atoms with van der Waals surface area (Å²) in [7, 11) is 0. The molecule has 0 saturated heterocycles. The highest BCUT2D eigenvalue weighted by Crippen LogP contribution is 2.18. The van der Waals surface area contributed by atoms with Gasteiger partial charge in [0.15, 0.2) is 10.8 Å². The molecule has 26 heavy (non-hydrogen) atoms. The van der Waals surface area contributed by atoms with Crippen molar-refractivity contribution in [2.75, 3.05) is 5.75 Å². The number of amides is 1. The van der Waals surface area contributed by atoms with Crippen molar-refractivity contribution in [2.24, 2.45) is 5.92 Å². The molecule has 0 atom stereocenters. The summed E-state index contributed by atoms with van der Waals surface area (Å²) in [6.07, 6.45) is 3.17. The van der Waals surface area contributed by atoms with Crippen LogP contribution in [0.5, 0.6) is 0 Å². The third-order valence-corrected chi connectivity index (χ3v) is 4.59. The molecule has 0 fully saturated rings. The van der Waals surface area contributed by atoms with Crippen LogP contribution in [0.2, 0.25) is 0 Å². The zero-order chi connectivity index (χ0) is 18.5. The van der Waals surface area contributed by atoms with E-state index in [1.165, 1.54) is 11.8 Å². The molecule has 0 aliphatic heterocycles. The Hall–Kier alpha value is -2.61. The van der Waals surface area contributed by atoms with Crippen molar-refractivity contribution in [2.45, 2.75) is 32.1 Å². The zero-order valence-corrected chi connectivity index (χ0v) is 15.5. The molecule has 8 heteroatoms. The fourth-order valence-corrected chi connectivity index (χ4v) is 3.28. The molecule has 0 aliphatic rings. The lowest BCUT2D eigenvalue weighted by Gasteiger charge is -2.14. The highest BCUT2D eigenvalue weighted by molar-refractivity contribution is 7.99. The molecule has 136 valence electrons. The van der Waals surface area contributed by atoms with Gasteiger partial charge in [0, 0.05) is 12.7 Å². The van der Waals surface area contributed by atoms with Crippen LogP contribution in [0.15, 0.2) is 51.1 Å². The first-order valence-corrected chi connectivity index (χ1v) is 9.30. The van der Waals surface area contributed by atoms with Gasteiger partial charge in [0.25, 0.3) is 5.56 Å². The van der Waals surface area contributed by atoms with Crippen molar-refractivity contribution in [1.82, 2.24) is 19.9 Å². The summed E-state index contributed by atoms with van der Waals surface area (Å²) in [5.41, 5.74) is 0.270. The molecule has 3 aromatic rings. The Morgan fingerprint density at radius 1 is 1.35 bits per heavy atom. The van der Waals surface area contributed by atoms with Crippen molar-refractivity contribution in [3.63, 3.8) is 0 Å². The molecule has 3 aromatic heterocycles. The summed E-state index contributed by atoms with van der Waals surface area (Å²) in [6.45, 7) is 4.93. The number of rotatable bonds is 7. The van der Waals surface area contributed by atoms with Crippen LogP contribution < -0.4 is 10.9 Å². The van der Waals surface area contributed by atoms with Gasteiger partial charge in [-0.3, -0.25) is 14.2 Å². The molecule has 0 bridgehead atoms. The van der Waals surface area contributed by atoms with Gasteiger partial charge in [0.2, 0.25) is 5.91 Å². The number of carbonyl (C=O) groups excluding carboxylic acids is 1. The van der Waals surface area contributed by atoms with Crippen molar-refractivity contribution in [3.8, 4) is 0 Å². The second-order valence-electron chi connectivity index (χ2n) is 6.22. The number of thioether (sulfide) groups is 1. The number of furan rings is 1. The quantitative estimate of drug-likeness (QED) is 0.506. The predicted octanol–water partition coefficient (Wildman–Crippen LogP) is 2.45. The van der Waals surface area contributed by atoms with E-state index in [0.717, 1.165) is 0 Å². The van der Waals surface area contributed by atoms with Crippen LogP contribution in [0.1, 0.15) is 19.6 Å². The molecular weight excluding hydrogens is 352 g/mol. The minimum Gasteiger partial charge on any atom is -0.467 e. The number of fused-ring (bicyclic) bond motifs is 1. The topological polar surface area (TPSA) is 90.0 Å². The number of nitrogens with zero attached hydrogens (tertiary/aromatic N) is 3. The second-order valence-corrected chi connectivity index (χ2v) is 7.17. The lowest BCUT2D eigenvalue weighted by molar-refractivity contribution is -0.118. The molecular formula is C18H20N4O3S. The van der Waals surface area contributed by atoms with Crippen LogP contribution in [0, 0.1) is 5.92 Å². The molecule has 0 radical (unpaired) electrons. The molecule has 1 N–H and O–H groups in total. The van der Waals surface area contributed by atoms with Gasteiger partial charge in [-0.25, -0.2) is 9.97 Å². The SMILES string of the molecule is CC(C)Cn1c(SCC(=O)NCc2ccco2)nc2ncccc2c1=O. The highest BCUT2D eigenvalue weighted by Gasteiger charge is 2.14. The Balaban J connectivity index is 1.77. The average molecular weight is 372 g/mol. The van der Waals surface area contributed by atoms with E-state index in [1.807, 2.05) is 13.8 Å². The maximum absolute atomic E-state index is 12.8. The van der Waals surface area contributed by atoms with Gasteiger partial charge in [0.1, 0.15) is 5.76 Å². The summed E-state index contributed by atoms with van der Waals surface area (Å²) in [4.78, 5) is 33.5. The third-order valence-electron chi connectivity index (χ3n) is 3.61. The normalized spacial score (nSPS) is 11.2. The van der Waals surface area contributed by atoms with E-state index in [-0.39, 0.29) is 23.1 Å². The van der Waals surface area contributed by atoms with Gasteiger partial charge in [-0.05, 0) is 30.2 Å². The molecule has 3 rings (SSSR count). The molecule has 0 aromatic carbocycles. The molecule has 0 spiro atoms. The average Bonchev–Trinajstić information content (AvgIpc) is 3.14. The largest absolute Gasteiger partial charge is 0.467 e. The second kappa shape index (κ2) is 8.18. The number of hydrogen-bond acceptors (Lipinski definition) is 6. The first kappa shape index (κ1) is 18.2. The zero-order valence-electron chi connectivity index (χ0n) is 14.6. The van der Waals surface area contributed by atoms with Crippen LogP contribution >= 0.6 is 11.8 Å². The van der Waals surface area contributed by atoms with Crippen LogP contribution in [0.3, 0.4) is 0 Å². The van der Waals surface area contributed by atoms with E-state index in [4.69, 9.17) is 4.42 Å². The van der Waals surface area contributed by atoms with E-state index < -0.39 is 0 Å². The number of carbonyl (C=O) groups is 1. The van der Waals surface area contributed by atoms with Gasteiger partial charge in [-0.15, -0.1) is 0 Å². The van der Waals surface area contributed by atoms with Crippen molar-refractivity contribution in [3.05, 3.63) is 52.8 Å². The Kier molecular flexibility index (Phi) is 5.72. The van der Waals surface area contributed by atoms with Crippen LogP contribution in [-0.4, -0.2) is 26.2 Å². The summed E-state index contributed by atoms with van der Waals surface area (Å²) >= 11 is 1.23. The standard InChI is InChI=1S/C18H20N4O3S/c1-12(2)10-22-17(24)14-6-3-7-19-16(14)21-18(22)26-11-15(23)20-9-13-5-4-8-25-13/h3-8,12H,9-11H2,1-2H3,(H,20,23). The number of hydrogen-bond donors (Lipinski definition) is 1. The number of nitrogens with one attached hydrogen (secondary N) is 1. The first-order valence-electron chi connectivity index (χ1n) is 8.32.